The van der Waals surface area contributed by atoms with E-state index in [1.807, 2.05) is 39.8 Å². The van der Waals surface area contributed by atoms with Gasteiger partial charge in [-0.25, -0.2) is 8.42 Å². The molecular formula is C17H26N3O2S+. The maximum atomic E-state index is 13.0. The monoisotopic (exact) mass is 336 g/mol. The molecule has 0 aromatic heterocycles. The van der Waals surface area contributed by atoms with Gasteiger partial charge in [-0.05, 0) is 38.8 Å². The van der Waals surface area contributed by atoms with Crippen LogP contribution in [-0.4, -0.2) is 45.4 Å². The third-order valence-corrected chi connectivity index (χ3v) is 6.65. The lowest BCUT2D eigenvalue weighted by Crippen LogP contribution is -3.15. The van der Waals surface area contributed by atoms with E-state index in [1.54, 1.807) is 4.31 Å². The number of hydrogen-bond acceptors (Lipinski definition) is 3. The van der Waals surface area contributed by atoms with E-state index in [-0.39, 0.29) is 5.92 Å². The van der Waals surface area contributed by atoms with Crippen LogP contribution in [0.15, 0.2) is 17.0 Å². The molecule has 2 rings (SSSR count). The molecule has 1 atom stereocenters. The molecule has 0 aliphatic carbocycles. The van der Waals surface area contributed by atoms with Gasteiger partial charge in [-0.2, -0.15) is 9.57 Å². The molecule has 0 bridgehead atoms. The number of nitrogens with one attached hydrogen (secondary N) is 1. The number of aryl methyl sites for hydroxylation is 3. The summed E-state index contributed by atoms with van der Waals surface area (Å²) >= 11 is 0. The summed E-state index contributed by atoms with van der Waals surface area (Å²) in [5.41, 5.74) is 2.71. The highest BCUT2D eigenvalue weighted by Crippen LogP contribution is 2.25. The van der Waals surface area contributed by atoms with Gasteiger partial charge in [0.2, 0.25) is 10.0 Å². The first kappa shape index (κ1) is 17.9. The van der Waals surface area contributed by atoms with Crippen LogP contribution in [0.3, 0.4) is 0 Å². The van der Waals surface area contributed by atoms with Gasteiger partial charge in [0.1, 0.15) is 0 Å². The third kappa shape index (κ3) is 3.92. The van der Waals surface area contributed by atoms with Crippen LogP contribution in [0.2, 0.25) is 0 Å². The van der Waals surface area contributed by atoms with Gasteiger partial charge in [0.15, 0.2) is 0 Å². The Labute approximate surface area is 139 Å². The molecular weight excluding hydrogens is 310 g/mol. The molecule has 126 valence electrons. The molecule has 5 nitrogen and oxygen atoms in total. The number of hydrogen-bond donors (Lipinski definition) is 1. The van der Waals surface area contributed by atoms with E-state index in [0.29, 0.717) is 18.0 Å². The number of nitriles is 1. The molecule has 23 heavy (non-hydrogen) atoms. The fraction of sp³-hybridized carbons (Fsp3) is 0.588. The minimum Gasteiger partial charge on any atom is -0.332 e. The average Bonchev–Trinajstić information content (AvgIpc) is 2.46. The topological polar surface area (TPSA) is 65.6 Å². The number of sulfonamides is 1. The first-order chi connectivity index (χ1) is 10.8. The lowest BCUT2D eigenvalue weighted by atomic mass is 10.1. The Hall–Kier alpha value is -1.42. The highest BCUT2D eigenvalue weighted by atomic mass is 32.2. The lowest BCUT2D eigenvalue weighted by molar-refractivity contribution is -0.905. The van der Waals surface area contributed by atoms with E-state index in [0.717, 1.165) is 36.3 Å². The van der Waals surface area contributed by atoms with Crippen LogP contribution in [0.25, 0.3) is 0 Å². The second-order valence-electron chi connectivity index (χ2n) is 6.62. The quantitative estimate of drug-likeness (QED) is 0.878. The van der Waals surface area contributed by atoms with Crippen molar-refractivity contribution in [3.63, 3.8) is 0 Å². The summed E-state index contributed by atoms with van der Waals surface area (Å²) in [6.07, 6.45) is 0. The second-order valence-corrected chi connectivity index (χ2v) is 8.49. The summed E-state index contributed by atoms with van der Waals surface area (Å²) in [4.78, 5) is 1.76. The highest BCUT2D eigenvalue weighted by Gasteiger charge is 2.32. The average molecular weight is 336 g/mol. The number of rotatable bonds is 4. The maximum absolute atomic E-state index is 13.0. The Morgan fingerprint density at radius 2 is 1.74 bits per heavy atom. The molecule has 1 heterocycles. The molecule has 0 spiro atoms. The van der Waals surface area contributed by atoms with Crippen molar-refractivity contribution >= 4 is 10.0 Å². The van der Waals surface area contributed by atoms with Gasteiger partial charge in [0, 0.05) is 0 Å². The summed E-state index contributed by atoms with van der Waals surface area (Å²) in [6, 6.07) is 6.10. The standard InChI is InChI=1S/C17H25N3O2S/c1-13-9-15(3)17(16(4)10-13)23(21,22)20-7-5-19(6-8-20)12-14(2)11-18/h9-10,14H,5-8,12H2,1-4H3/p+1/t14-/m0/s1. The Morgan fingerprint density at radius 1 is 1.22 bits per heavy atom. The van der Waals surface area contributed by atoms with E-state index in [4.69, 9.17) is 5.26 Å². The number of quaternary nitrogens is 1. The minimum atomic E-state index is -3.44. The van der Waals surface area contributed by atoms with Crippen LogP contribution in [0, 0.1) is 38.0 Å². The van der Waals surface area contributed by atoms with Crippen molar-refractivity contribution in [2.24, 2.45) is 5.92 Å². The molecule has 1 aromatic carbocycles. The number of benzene rings is 1. The smallest absolute Gasteiger partial charge is 0.244 e. The lowest BCUT2D eigenvalue weighted by Gasteiger charge is -2.32. The van der Waals surface area contributed by atoms with Gasteiger partial charge in [-0.3, -0.25) is 0 Å². The molecule has 1 aromatic rings. The van der Waals surface area contributed by atoms with Gasteiger partial charge < -0.3 is 4.90 Å². The fourth-order valence-corrected chi connectivity index (χ4v) is 5.28. The molecule has 6 heteroatoms. The number of piperazine rings is 1. The van der Waals surface area contributed by atoms with Gasteiger partial charge in [-0.1, -0.05) is 17.7 Å². The molecule has 1 aliphatic rings. The Morgan fingerprint density at radius 3 is 2.22 bits per heavy atom. The predicted molar refractivity (Wildman–Crippen MR) is 89.8 cm³/mol. The SMILES string of the molecule is Cc1cc(C)c(S(=O)(=O)N2CC[NH+](C[C@@H](C)C#N)CC2)c(C)c1. The molecule has 0 saturated carbocycles. The summed E-state index contributed by atoms with van der Waals surface area (Å²) in [5.74, 6) is 0.00902. The third-order valence-electron chi connectivity index (χ3n) is 4.45. The minimum absolute atomic E-state index is 0.00902. The zero-order valence-electron chi connectivity index (χ0n) is 14.4. The normalized spacial score (nSPS) is 18.6. The second kappa shape index (κ2) is 7.00. The van der Waals surface area contributed by atoms with Crippen LogP contribution in [-0.2, 0) is 10.0 Å². The van der Waals surface area contributed by atoms with Gasteiger partial charge in [0.05, 0.1) is 49.6 Å². The zero-order valence-corrected chi connectivity index (χ0v) is 15.2. The van der Waals surface area contributed by atoms with Crippen molar-refractivity contribution < 1.29 is 13.3 Å². The van der Waals surface area contributed by atoms with Crippen molar-refractivity contribution in [1.29, 1.82) is 5.26 Å². The van der Waals surface area contributed by atoms with Gasteiger partial charge >= 0.3 is 0 Å². The molecule has 0 unspecified atom stereocenters. The summed E-state index contributed by atoms with van der Waals surface area (Å²) < 4.78 is 27.6. The molecule has 1 fully saturated rings. The molecule has 1 saturated heterocycles. The molecule has 0 radical (unpaired) electrons. The van der Waals surface area contributed by atoms with Crippen molar-refractivity contribution in [3.8, 4) is 6.07 Å². The van der Waals surface area contributed by atoms with Crippen molar-refractivity contribution in [2.45, 2.75) is 32.6 Å². The summed E-state index contributed by atoms with van der Waals surface area (Å²) in [7, 11) is -3.44. The van der Waals surface area contributed by atoms with Crippen LogP contribution >= 0.6 is 0 Å². The van der Waals surface area contributed by atoms with Crippen molar-refractivity contribution in [2.75, 3.05) is 32.7 Å². The first-order valence-corrected chi connectivity index (χ1v) is 9.51. The number of nitrogens with zero attached hydrogens (tertiary/aromatic N) is 2. The van der Waals surface area contributed by atoms with Crippen molar-refractivity contribution in [1.82, 2.24) is 4.31 Å². The van der Waals surface area contributed by atoms with Gasteiger partial charge in [0.25, 0.3) is 0 Å². The predicted octanol–water partition coefficient (Wildman–Crippen LogP) is 0.661. The van der Waals surface area contributed by atoms with E-state index >= 15 is 0 Å². The van der Waals surface area contributed by atoms with Crippen LogP contribution in [0.5, 0.6) is 0 Å². The van der Waals surface area contributed by atoms with E-state index in [9.17, 15) is 8.42 Å². The van der Waals surface area contributed by atoms with Crippen LogP contribution in [0.4, 0.5) is 0 Å². The van der Waals surface area contributed by atoms with Crippen LogP contribution < -0.4 is 4.90 Å². The molecule has 0 amide bonds. The Balaban J connectivity index is 2.16. The Kier molecular flexibility index (Phi) is 5.45. The van der Waals surface area contributed by atoms with E-state index in [2.05, 4.69) is 6.07 Å². The summed E-state index contributed by atoms with van der Waals surface area (Å²) in [5, 5.41) is 8.91. The largest absolute Gasteiger partial charge is 0.332 e. The zero-order chi connectivity index (χ0) is 17.2. The van der Waals surface area contributed by atoms with E-state index < -0.39 is 10.0 Å². The maximum Gasteiger partial charge on any atom is 0.244 e. The van der Waals surface area contributed by atoms with Crippen molar-refractivity contribution in [3.05, 3.63) is 28.8 Å². The Bertz CT molecular complexity index is 691. The van der Waals surface area contributed by atoms with Crippen LogP contribution in [0.1, 0.15) is 23.6 Å². The highest BCUT2D eigenvalue weighted by molar-refractivity contribution is 7.89. The molecule has 1 aliphatic heterocycles. The molecule has 1 N–H and O–H groups in total. The van der Waals surface area contributed by atoms with Gasteiger partial charge in [-0.15, -0.1) is 0 Å². The summed E-state index contributed by atoms with van der Waals surface area (Å²) in [6.45, 7) is 11.0. The first-order valence-electron chi connectivity index (χ1n) is 8.07. The fourth-order valence-electron chi connectivity index (χ4n) is 3.43. The van der Waals surface area contributed by atoms with E-state index in [1.165, 1.54) is 4.90 Å².